The Bertz CT molecular complexity index is 823. The summed E-state index contributed by atoms with van der Waals surface area (Å²) in [6, 6.07) is 11.1. The Balaban J connectivity index is 2.28. The SMILES string of the molecule is Cc1cccc(C)c1N1C(=O)Nc2ccccc2S1(=O)=O. The number of fused-ring (bicyclic) bond motifs is 1. The van der Waals surface area contributed by atoms with Crippen molar-refractivity contribution in [3.63, 3.8) is 0 Å². The van der Waals surface area contributed by atoms with Crippen molar-refractivity contribution in [2.24, 2.45) is 0 Å². The summed E-state index contributed by atoms with van der Waals surface area (Å²) in [6.45, 7) is 3.57. The van der Waals surface area contributed by atoms with Crippen LogP contribution in [-0.2, 0) is 10.0 Å². The number of para-hydroxylation sites is 2. The average molecular weight is 302 g/mol. The molecular weight excluding hydrogens is 288 g/mol. The van der Waals surface area contributed by atoms with Crippen molar-refractivity contribution < 1.29 is 13.2 Å². The first kappa shape index (κ1) is 13.6. The van der Waals surface area contributed by atoms with E-state index in [-0.39, 0.29) is 4.90 Å². The molecule has 0 saturated heterocycles. The number of hydrogen-bond donors (Lipinski definition) is 1. The van der Waals surface area contributed by atoms with Gasteiger partial charge in [-0.2, -0.15) is 4.31 Å². The third kappa shape index (κ3) is 1.99. The zero-order valence-electron chi connectivity index (χ0n) is 11.6. The number of sulfonamides is 1. The Kier molecular flexibility index (Phi) is 2.98. The number of carbonyl (C=O) groups is 1. The first-order valence-electron chi connectivity index (χ1n) is 6.44. The van der Waals surface area contributed by atoms with E-state index in [0.29, 0.717) is 11.4 Å². The van der Waals surface area contributed by atoms with Crippen LogP contribution in [-0.4, -0.2) is 14.4 Å². The van der Waals surface area contributed by atoms with Crippen molar-refractivity contribution >= 4 is 27.4 Å². The number of anilines is 2. The summed E-state index contributed by atoms with van der Waals surface area (Å²) in [5, 5.41) is 2.63. The minimum atomic E-state index is -3.91. The molecule has 6 heteroatoms. The van der Waals surface area contributed by atoms with Gasteiger partial charge in [-0.15, -0.1) is 0 Å². The second-order valence-electron chi connectivity index (χ2n) is 4.94. The molecule has 1 aliphatic heterocycles. The van der Waals surface area contributed by atoms with Crippen molar-refractivity contribution in [1.29, 1.82) is 0 Å². The van der Waals surface area contributed by atoms with Crippen LogP contribution in [0.3, 0.4) is 0 Å². The number of amides is 2. The highest BCUT2D eigenvalue weighted by atomic mass is 32.2. The molecule has 0 atom stereocenters. The van der Waals surface area contributed by atoms with Crippen LogP contribution >= 0.6 is 0 Å². The molecule has 0 unspecified atom stereocenters. The maximum Gasteiger partial charge on any atom is 0.340 e. The van der Waals surface area contributed by atoms with Gasteiger partial charge in [0.15, 0.2) is 0 Å². The number of hydrogen-bond acceptors (Lipinski definition) is 3. The molecule has 1 aliphatic rings. The molecule has 0 aliphatic carbocycles. The van der Waals surface area contributed by atoms with Gasteiger partial charge in [0.2, 0.25) is 0 Å². The second kappa shape index (κ2) is 4.60. The van der Waals surface area contributed by atoms with Gasteiger partial charge in [0.05, 0.1) is 11.4 Å². The molecule has 1 N–H and O–H groups in total. The molecule has 2 aromatic carbocycles. The Morgan fingerprint density at radius 3 is 2.24 bits per heavy atom. The van der Waals surface area contributed by atoms with E-state index in [4.69, 9.17) is 0 Å². The molecule has 0 radical (unpaired) electrons. The lowest BCUT2D eigenvalue weighted by molar-refractivity contribution is 0.259. The van der Waals surface area contributed by atoms with Gasteiger partial charge in [-0.05, 0) is 37.1 Å². The average Bonchev–Trinajstić information content (AvgIpc) is 2.42. The summed E-state index contributed by atoms with van der Waals surface area (Å²) in [5.74, 6) is 0. The highest BCUT2D eigenvalue weighted by molar-refractivity contribution is 7.94. The lowest BCUT2D eigenvalue weighted by Gasteiger charge is -2.30. The van der Waals surface area contributed by atoms with Gasteiger partial charge in [0.25, 0.3) is 10.0 Å². The third-order valence-corrected chi connectivity index (χ3v) is 5.21. The zero-order valence-corrected chi connectivity index (χ0v) is 12.4. The predicted octanol–water partition coefficient (Wildman–Crippen LogP) is 3.04. The number of nitrogens with zero attached hydrogens (tertiary/aromatic N) is 1. The quantitative estimate of drug-likeness (QED) is 0.880. The molecule has 3 rings (SSSR count). The van der Waals surface area contributed by atoms with Crippen molar-refractivity contribution in [2.75, 3.05) is 9.62 Å². The van der Waals surface area contributed by atoms with E-state index in [1.54, 1.807) is 44.2 Å². The van der Waals surface area contributed by atoms with Gasteiger partial charge in [-0.3, -0.25) is 0 Å². The topological polar surface area (TPSA) is 66.5 Å². The summed E-state index contributed by atoms with van der Waals surface area (Å²) >= 11 is 0. The highest BCUT2D eigenvalue weighted by Crippen LogP contribution is 2.36. The zero-order chi connectivity index (χ0) is 15.2. The molecule has 2 aromatic rings. The maximum absolute atomic E-state index is 12.8. The van der Waals surface area contributed by atoms with E-state index < -0.39 is 16.1 Å². The van der Waals surface area contributed by atoms with Crippen LogP contribution < -0.4 is 9.62 Å². The summed E-state index contributed by atoms with van der Waals surface area (Å²) in [4.78, 5) is 12.4. The summed E-state index contributed by atoms with van der Waals surface area (Å²) in [5.41, 5.74) is 2.18. The molecule has 21 heavy (non-hydrogen) atoms. The molecule has 5 nitrogen and oxygen atoms in total. The standard InChI is InChI=1S/C15H14N2O3S/c1-10-6-5-7-11(2)14(10)17-15(18)16-12-8-3-4-9-13(12)21(17,19)20/h3-9H,1-2H3,(H,16,18). The molecule has 0 bridgehead atoms. The lowest BCUT2D eigenvalue weighted by Crippen LogP contribution is -2.44. The number of urea groups is 1. The Labute approximate surface area is 123 Å². The fourth-order valence-corrected chi connectivity index (χ4v) is 4.15. The van der Waals surface area contributed by atoms with Gasteiger partial charge in [-0.25, -0.2) is 13.2 Å². The summed E-state index contributed by atoms with van der Waals surface area (Å²) in [7, 11) is -3.91. The lowest BCUT2D eigenvalue weighted by atomic mass is 10.1. The molecule has 1 heterocycles. The monoisotopic (exact) mass is 302 g/mol. The number of aryl methyl sites for hydroxylation is 2. The molecule has 2 amide bonds. The largest absolute Gasteiger partial charge is 0.340 e. The first-order valence-corrected chi connectivity index (χ1v) is 7.88. The predicted molar refractivity (Wildman–Crippen MR) is 81.0 cm³/mol. The highest BCUT2D eigenvalue weighted by Gasteiger charge is 2.38. The van der Waals surface area contributed by atoms with Gasteiger partial charge in [0.1, 0.15) is 4.90 Å². The van der Waals surface area contributed by atoms with Crippen LogP contribution in [0.4, 0.5) is 16.2 Å². The van der Waals surface area contributed by atoms with Crippen LogP contribution in [0.1, 0.15) is 11.1 Å². The fourth-order valence-electron chi connectivity index (χ4n) is 2.52. The number of carbonyl (C=O) groups excluding carboxylic acids is 1. The van der Waals surface area contributed by atoms with Crippen molar-refractivity contribution in [2.45, 2.75) is 18.7 Å². The van der Waals surface area contributed by atoms with Gasteiger partial charge >= 0.3 is 6.03 Å². The van der Waals surface area contributed by atoms with E-state index in [2.05, 4.69) is 5.32 Å². The van der Waals surface area contributed by atoms with E-state index in [1.165, 1.54) is 6.07 Å². The summed E-state index contributed by atoms with van der Waals surface area (Å²) < 4.78 is 26.4. The Morgan fingerprint density at radius 1 is 0.952 bits per heavy atom. The van der Waals surface area contributed by atoms with Crippen LogP contribution in [0, 0.1) is 13.8 Å². The van der Waals surface area contributed by atoms with Gasteiger partial charge < -0.3 is 5.32 Å². The van der Waals surface area contributed by atoms with E-state index >= 15 is 0 Å². The van der Waals surface area contributed by atoms with Crippen molar-refractivity contribution in [1.82, 2.24) is 0 Å². The van der Waals surface area contributed by atoms with Crippen molar-refractivity contribution in [3.05, 3.63) is 53.6 Å². The molecule has 108 valence electrons. The van der Waals surface area contributed by atoms with Crippen LogP contribution in [0.15, 0.2) is 47.4 Å². The van der Waals surface area contributed by atoms with E-state index in [0.717, 1.165) is 15.4 Å². The Hall–Kier alpha value is -2.34. The number of nitrogens with one attached hydrogen (secondary N) is 1. The second-order valence-corrected chi connectivity index (χ2v) is 6.69. The molecular formula is C15H14N2O3S. The fraction of sp³-hybridized carbons (Fsp3) is 0.133. The van der Waals surface area contributed by atoms with E-state index in [9.17, 15) is 13.2 Å². The summed E-state index contributed by atoms with van der Waals surface area (Å²) in [6.07, 6.45) is 0. The Morgan fingerprint density at radius 2 is 1.57 bits per heavy atom. The molecule has 0 aromatic heterocycles. The molecule has 0 saturated carbocycles. The number of benzene rings is 2. The van der Waals surface area contributed by atoms with Gasteiger partial charge in [-0.1, -0.05) is 30.3 Å². The third-order valence-electron chi connectivity index (χ3n) is 3.47. The smallest absolute Gasteiger partial charge is 0.305 e. The molecule has 0 fully saturated rings. The van der Waals surface area contributed by atoms with Crippen LogP contribution in [0.5, 0.6) is 0 Å². The minimum absolute atomic E-state index is 0.104. The first-order chi connectivity index (χ1) is 9.93. The number of rotatable bonds is 1. The maximum atomic E-state index is 12.8. The van der Waals surface area contributed by atoms with Crippen LogP contribution in [0.25, 0.3) is 0 Å². The van der Waals surface area contributed by atoms with Crippen molar-refractivity contribution in [3.8, 4) is 0 Å². The van der Waals surface area contributed by atoms with E-state index in [1.807, 2.05) is 6.07 Å². The minimum Gasteiger partial charge on any atom is -0.305 e. The van der Waals surface area contributed by atoms with Crippen LogP contribution in [0.2, 0.25) is 0 Å². The molecule has 0 spiro atoms. The van der Waals surface area contributed by atoms with Gasteiger partial charge in [0, 0.05) is 0 Å². The normalized spacial score (nSPS) is 16.3.